The number of halogens is 1. The van der Waals surface area contributed by atoms with Crippen LogP contribution in [0.25, 0.3) is 0 Å². The highest BCUT2D eigenvalue weighted by molar-refractivity contribution is 6.32. The molecule has 1 aliphatic carbocycles. The molecule has 1 N–H and O–H groups in total. The summed E-state index contributed by atoms with van der Waals surface area (Å²) < 4.78 is 5.99. The van der Waals surface area contributed by atoms with Crippen LogP contribution in [0.3, 0.4) is 0 Å². The van der Waals surface area contributed by atoms with E-state index in [-0.39, 0.29) is 5.92 Å². The molecule has 2 fully saturated rings. The summed E-state index contributed by atoms with van der Waals surface area (Å²) in [5.41, 5.74) is 1.58. The summed E-state index contributed by atoms with van der Waals surface area (Å²) in [6.07, 6.45) is 6.33. The Labute approximate surface area is 198 Å². The van der Waals surface area contributed by atoms with Crippen molar-refractivity contribution in [1.29, 1.82) is 0 Å². The fourth-order valence-corrected chi connectivity index (χ4v) is 5.59. The van der Waals surface area contributed by atoms with E-state index in [9.17, 15) is 5.11 Å². The summed E-state index contributed by atoms with van der Waals surface area (Å²) in [5, 5.41) is 12.3. The van der Waals surface area contributed by atoms with Gasteiger partial charge in [-0.15, -0.1) is 0 Å². The molecule has 4 rings (SSSR count). The monoisotopic (exact) mass is 456 g/mol. The van der Waals surface area contributed by atoms with E-state index in [1.54, 1.807) is 0 Å². The number of likely N-dealkylation sites (N-methyl/N-ethyl adjacent to an activating group) is 1. The normalized spacial score (nSPS) is 22.2. The van der Waals surface area contributed by atoms with Gasteiger partial charge in [0.2, 0.25) is 0 Å². The minimum absolute atomic E-state index is 0.0596. The van der Waals surface area contributed by atoms with Gasteiger partial charge in [0.25, 0.3) is 0 Å². The van der Waals surface area contributed by atoms with Gasteiger partial charge in [-0.2, -0.15) is 0 Å². The first-order valence-electron chi connectivity index (χ1n) is 12.0. The Morgan fingerprint density at radius 3 is 2.53 bits per heavy atom. The second-order valence-corrected chi connectivity index (χ2v) is 10.3. The zero-order chi connectivity index (χ0) is 22.6. The molecule has 1 unspecified atom stereocenters. The van der Waals surface area contributed by atoms with E-state index in [1.165, 1.54) is 12.8 Å². The van der Waals surface area contributed by atoms with Crippen LogP contribution in [0, 0.1) is 0 Å². The van der Waals surface area contributed by atoms with E-state index in [1.807, 2.05) is 42.5 Å². The second kappa shape index (κ2) is 10.6. The first-order chi connectivity index (χ1) is 15.4. The zero-order valence-electron chi connectivity index (χ0n) is 19.5. The first-order valence-corrected chi connectivity index (χ1v) is 12.4. The standard InChI is InChI=1S/C27H37ClN2O2/c1-29(2)23-13-16-30(18-23)19-24(27(31)14-7-4-8-15-27)22-11-12-26(25(28)17-22)32-20-21-9-5-3-6-10-21/h3,5-6,9-12,17,23-24,31H,4,7-8,13-16,18-20H2,1-2H3/t23-,24?/m0/s1. The third kappa shape index (κ3) is 5.66. The van der Waals surface area contributed by atoms with Crippen LogP contribution in [-0.4, -0.2) is 60.3 Å². The van der Waals surface area contributed by atoms with Crippen LogP contribution in [0.5, 0.6) is 5.75 Å². The molecule has 0 amide bonds. The lowest BCUT2D eigenvalue weighted by Crippen LogP contribution is -2.44. The maximum absolute atomic E-state index is 11.7. The third-order valence-electron chi connectivity index (χ3n) is 7.38. The van der Waals surface area contributed by atoms with Crippen molar-refractivity contribution in [2.45, 2.75) is 62.7 Å². The maximum Gasteiger partial charge on any atom is 0.138 e. The molecule has 0 spiro atoms. The van der Waals surface area contributed by atoms with E-state index in [0.29, 0.717) is 23.4 Å². The number of aliphatic hydroxyl groups is 1. The van der Waals surface area contributed by atoms with Crippen molar-refractivity contribution in [3.63, 3.8) is 0 Å². The highest BCUT2D eigenvalue weighted by atomic mass is 35.5. The van der Waals surface area contributed by atoms with Gasteiger partial charge in [0.05, 0.1) is 10.6 Å². The molecule has 2 aromatic rings. The van der Waals surface area contributed by atoms with Crippen molar-refractivity contribution in [2.75, 3.05) is 33.7 Å². The van der Waals surface area contributed by atoms with Crippen molar-refractivity contribution in [3.05, 3.63) is 64.7 Å². The largest absolute Gasteiger partial charge is 0.487 e. The van der Waals surface area contributed by atoms with E-state index < -0.39 is 5.60 Å². The molecule has 4 nitrogen and oxygen atoms in total. The van der Waals surface area contributed by atoms with Crippen LogP contribution in [0.2, 0.25) is 5.02 Å². The molecule has 32 heavy (non-hydrogen) atoms. The number of likely N-dealkylation sites (tertiary alicyclic amines) is 1. The van der Waals surface area contributed by atoms with Crippen LogP contribution in [-0.2, 0) is 6.61 Å². The van der Waals surface area contributed by atoms with Crippen LogP contribution in [0.1, 0.15) is 55.6 Å². The maximum atomic E-state index is 11.7. The molecule has 1 aliphatic heterocycles. The average molecular weight is 457 g/mol. The highest BCUT2D eigenvalue weighted by Gasteiger charge is 2.40. The van der Waals surface area contributed by atoms with Gasteiger partial charge in [0.1, 0.15) is 12.4 Å². The molecule has 0 radical (unpaired) electrons. The molecule has 1 saturated carbocycles. The number of rotatable bonds is 8. The quantitative estimate of drug-likeness (QED) is 0.582. The molecule has 5 heteroatoms. The van der Waals surface area contributed by atoms with E-state index in [0.717, 1.165) is 56.4 Å². The Morgan fingerprint density at radius 2 is 1.88 bits per heavy atom. The highest BCUT2D eigenvalue weighted by Crippen LogP contribution is 2.42. The molecule has 174 valence electrons. The predicted octanol–water partition coefficient (Wildman–Crippen LogP) is 5.33. The van der Waals surface area contributed by atoms with E-state index >= 15 is 0 Å². The van der Waals surface area contributed by atoms with Crippen LogP contribution < -0.4 is 4.74 Å². The number of nitrogens with zero attached hydrogens (tertiary/aromatic N) is 2. The Morgan fingerprint density at radius 1 is 1.12 bits per heavy atom. The lowest BCUT2D eigenvalue weighted by molar-refractivity contribution is -0.0297. The van der Waals surface area contributed by atoms with Gasteiger partial charge in [0, 0.05) is 25.0 Å². The van der Waals surface area contributed by atoms with Crippen LogP contribution >= 0.6 is 11.6 Å². The first kappa shape index (κ1) is 23.6. The Kier molecular flexibility index (Phi) is 7.78. The topological polar surface area (TPSA) is 35.9 Å². The number of hydrogen-bond acceptors (Lipinski definition) is 4. The number of benzene rings is 2. The van der Waals surface area contributed by atoms with Crippen molar-refractivity contribution in [2.24, 2.45) is 0 Å². The molecule has 0 bridgehead atoms. The van der Waals surface area contributed by atoms with Gasteiger partial charge in [-0.25, -0.2) is 0 Å². The summed E-state index contributed by atoms with van der Waals surface area (Å²) in [6.45, 7) is 3.52. The molecule has 2 atom stereocenters. The van der Waals surface area contributed by atoms with Crippen molar-refractivity contribution in [3.8, 4) is 5.75 Å². The summed E-state index contributed by atoms with van der Waals surface area (Å²) in [6, 6.07) is 16.8. The van der Waals surface area contributed by atoms with Crippen molar-refractivity contribution < 1.29 is 9.84 Å². The summed E-state index contributed by atoms with van der Waals surface area (Å²) in [5.74, 6) is 0.756. The minimum Gasteiger partial charge on any atom is -0.487 e. The van der Waals surface area contributed by atoms with Crippen molar-refractivity contribution >= 4 is 11.6 Å². The van der Waals surface area contributed by atoms with E-state index in [2.05, 4.69) is 30.0 Å². The number of hydrogen-bond donors (Lipinski definition) is 1. The Balaban J connectivity index is 1.51. The Bertz CT molecular complexity index is 867. The Hall–Kier alpha value is -1.59. The predicted molar refractivity (Wildman–Crippen MR) is 132 cm³/mol. The molecule has 1 saturated heterocycles. The second-order valence-electron chi connectivity index (χ2n) is 9.85. The molecule has 1 heterocycles. The SMILES string of the molecule is CN(C)[C@H]1CCN(CC(c2ccc(OCc3ccccc3)c(Cl)c2)C2(O)CCCCC2)C1. The third-order valence-corrected chi connectivity index (χ3v) is 7.68. The summed E-state index contributed by atoms with van der Waals surface area (Å²) >= 11 is 6.68. The average Bonchev–Trinajstić information content (AvgIpc) is 3.27. The molecular weight excluding hydrogens is 420 g/mol. The fraction of sp³-hybridized carbons (Fsp3) is 0.556. The molecule has 2 aliphatic rings. The molecule has 2 aromatic carbocycles. The van der Waals surface area contributed by atoms with Gasteiger partial charge in [-0.1, -0.05) is 67.3 Å². The molecular formula is C27H37ClN2O2. The fourth-order valence-electron chi connectivity index (χ4n) is 5.34. The smallest absolute Gasteiger partial charge is 0.138 e. The van der Waals surface area contributed by atoms with Crippen LogP contribution in [0.15, 0.2) is 48.5 Å². The van der Waals surface area contributed by atoms with Gasteiger partial charge >= 0.3 is 0 Å². The minimum atomic E-state index is -0.663. The van der Waals surface area contributed by atoms with Gasteiger partial charge in [-0.3, -0.25) is 0 Å². The van der Waals surface area contributed by atoms with E-state index in [4.69, 9.17) is 16.3 Å². The summed E-state index contributed by atoms with van der Waals surface area (Å²) in [7, 11) is 4.32. The van der Waals surface area contributed by atoms with Crippen LogP contribution in [0.4, 0.5) is 0 Å². The summed E-state index contributed by atoms with van der Waals surface area (Å²) in [4.78, 5) is 4.84. The number of ether oxygens (including phenoxy) is 1. The lowest BCUT2D eigenvalue weighted by atomic mass is 9.72. The molecule has 0 aromatic heterocycles. The van der Waals surface area contributed by atoms with Crippen molar-refractivity contribution in [1.82, 2.24) is 9.80 Å². The van der Waals surface area contributed by atoms with Gasteiger partial charge in [-0.05, 0) is 63.2 Å². The lowest BCUT2D eigenvalue weighted by Gasteiger charge is -2.41. The van der Waals surface area contributed by atoms with Gasteiger partial charge < -0.3 is 19.6 Å². The van der Waals surface area contributed by atoms with Gasteiger partial charge in [0.15, 0.2) is 0 Å². The zero-order valence-corrected chi connectivity index (χ0v) is 20.2.